The average molecular weight is 261 g/mol. The third-order valence-electron chi connectivity index (χ3n) is 3.19. The lowest BCUT2D eigenvalue weighted by molar-refractivity contribution is 0.0916. The summed E-state index contributed by atoms with van der Waals surface area (Å²) in [6, 6.07) is 7.53. The minimum absolute atomic E-state index is 0.107. The Balaban J connectivity index is 2.84. The van der Waals surface area contributed by atoms with Gasteiger partial charge in [0.15, 0.2) is 0 Å². The second-order valence-electron chi connectivity index (χ2n) is 4.12. The van der Waals surface area contributed by atoms with Crippen LogP contribution in [0.1, 0.15) is 37.0 Å². The molecule has 0 heterocycles. The summed E-state index contributed by atoms with van der Waals surface area (Å²) in [5, 5.41) is 2.95. The largest absolute Gasteiger partial charge is 0.336 e. The predicted octanol–water partition coefficient (Wildman–Crippen LogP) is 3.33. The first-order valence-electron chi connectivity index (χ1n) is 6.05. The van der Waals surface area contributed by atoms with Crippen LogP contribution in [0, 0.1) is 12.3 Å². The lowest BCUT2D eigenvalue weighted by Gasteiger charge is -2.27. The zero-order chi connectivity index (χ0) is 13.6. The molecule has 0 aromatic heterocycles. The number of thioether (sulfide) groups is 1. The van der Waals surface area contributed by atoms with Gasteiger partial charge >= 0.3 is 0 Å². The molecule has 3 heteroatoms. The van der Waals surface area contributed by atoms with E-state index in [0.717, 1.165) is 17.7 Å². The van der Waals surface area contributed by atoms with E-state index < -0.39 is 5.54 Å². The quantitative estimate of drug-likeness (QED) is 0.650. The lowest BCUT2D eigenvalue weighted by Crippen LogP contribution is -2.46. The number of hydrogen-bond acceptors (Lipinski definition) is 2. The number of benzene rings is 1. The Morgan fingerprint density at radius 3 is 2.28 bits per heavy atom. The van der Waals surface area contributed by atoms with E-state index in [0.29, 0.717) is 5.56 Å². The summed E-state index contributed by atoms with van der Waals surface area (Å²) < 4.78 is 0. The van der Waals surface area contributed by atoms with Crippen molar-refractivity contribution in [1.82, 2.24) is 5.32 Å². The van der Waals surface area contributed by atoms with Gasteiger partial charge in [-0.2, -0.15) is 0 Å². The van der Waals surface area contributed by atoms with Gasteiger partial charge in [0.2, 0.25) is 0 Å². The molecule has 0 unspecified atom stereocenters. The standard InChI is InChI=1S/C15H19NOS/c1-5-15(6-2,7-3)16-14(17)12-8-10-13(18-4)11-9-12/h1,8-11H,6-7H2,2-4H3,(H,16,17). The minimum atomic E-state index is -0.532. The maximum Gasteiger partial charge on any atom is 0.252 e. The van der Waals surface area contributed by atoms with Crippen LogP contribution in [0.5, 0.6) is 0 Å². The van der Waals surface area contributed by atoms with Gasteiger partial charge in [0, 0.05) is 10.5 Å². The number of carbonyl (C=O) groups excluding carboxylic acids is 1. The average Bonchev–Trinajstić information content (AvgIpc) is 2.45. The highest BCUT2D eigenvalue weighted by Gasteiger charge is 2.25. The van der Waals surface area contributed by atoms with Crippen LogP contribution in [0.3, 0.4) is 0 Å². The molecule has 2 nitrogen and oxygen atoms in total. The van der Waals surface area contributed by atoms with E-state index >= 15 is 0 Å². The van der Waals surface area contributed by atoms with E-state index in [1.54, 1.807) is 11.8 Å². The topological polar surface area (TPSA) is 29.1 Å². The molecule has 0 aliphatic carbocycles. The number of rotatable bonds is 5. The van der Waals surface area contributed by atoms with Crippen molar-refractivity contribution in [3.63, 3.8) is 0 Å². The zero-order valence-corrected chi connectivity index (χ0v) is 11.9. The van der Waals surface area contributed by atoms with Crippen molar-refractivity contribution in [2.24, 2.45) is 0 Å². The van der Waals surface area contributed by atoms with Crippen LogP contribution in [0.15, 0.2) is 29.2 Å². The molecule has 0 saturated carbocycles. The fourth-order valence-electron chi connectivity index (χ4n) is 1.70. The molecular weight excluding hydrogens is 242 g/mol. The molecule has 0 saturated heterocycles. The molecule has 1 aromatic carbocycles. The highest BCUT2D eigenvalue weighted by atomic mass is 32.2. The third kappa shape index (κ3) is 3.30. The molecule has 96 valence electrons. The van der Waals surface area contributed by atoms with Crippen molar-refractivity contribution in [2.45, 2.75) is 37.1 Å². The maximum atomic E-state index is 12.1. The van der Waals surface area contributed by atoms with Crippen molar-refractivity contribution in [3.05, 3.63) is 29.8 Å². The van der Waals surface area contributed by atoms with Crippen molar-refractivity contribution in [3.8, 4) is 12.3 Å². The SMILES string of the molecule is C#CC(CC)(CC)NC(=O)c1ccc(SC)cc1. The smallest absolute Gasteiger partial charge is 0.252 e. The number of nitrogens with one attached hydrogen (secondary N) is 1. The third-order valence-corrected chi connectivity index (χ3v) is 3.93. The molecule has 1 amide bonds. The molecule has 1 N–H and O–H groups in total. The van der Waals surface area contributed by atoms with Crippen LogP contribution in [0.25, 0.3) is 0 Å². The number of carbonyl (C=O) groups is 1. The summed E-state index contributed by atoms with van der Waals surface area (Å²) in [6.45, 7) is 3.97. The first kappa shape index (κ1) is 14.7. The monoisotopic (exact) mass is 261 g/mol. The van der Waals surface area contributed by atoms with Gasteiger partial charge in [-0.1, -0.05) is 19.8 Å². The van der Waals surface area contributed by atoms with Crippen LogP contribution >= 0.6 is 11.8 Å². The van der Waals surface area contributed by atoms with Crippen LogP contribution < -0.4 is 5.32 Å². The van der Waals surface area contributed by atoms with Gasteiger partial charge in [-0.05, 0) is 43.4 Å². The molecule has 0 aliphatic heterocycles. The van der Waals surface area contributed by atoms with E-state index in [1.807, 2.05) is 44.4 Å². The van der Waals surface area contributed by atoms with E-state index in [2.05, 4.69) is 11.2 Å². The van der Waals surface area contributed by atoms with Gasteiger partial charge in [0.1, 0.15) is 5.54 Å². The Hall–Kier alpha value is -1.40. The van der Waals surface area contributed by atoms with Crippen LogP contribution in [0.4, 0.5) is 0 Å². The fourth-order valence-corrected chi connectivity index (χ4v) is 2.11. The summed E-state index contributed by atoms with van der Waals surface area (Å²) >= 11 is 1.65. The molecule has 18 heavy (non-hydrogen) atoms. The van der Waals surface area contributed by atoms with Crippen LogP contribution in [-0.4, -0.2) is 17.7 Å². The Labute approximate surface area is 114 Å². The van der Waals surface area contributed by atoms with Gasteiger partial charge in [0.25, 0.3) is 5.91 Å². The fraction of sp³-hybridized carbons (Fsp3) is 0.400. The predicted molar refractivity (Wildman–Crippen MR) is 77.8 cm³/mol. The van der Waals surface area contributed by atoms with E-state index in [1.165, 1.54) is 0 Å². The van der Waals surface area contributed by atoms with E-state index in [-0.39, 0.29) is 5.91 Å². The number of hydrogen-bond donors (Lipinski definition) is 1. The molecule has 0 atom stereocenters. The van der Waals surface area contributed by atoms with E-state index in [9.17, 15) is 4.79 Å². The first-order valence-corrected chi connectivity index (χ1v) is 7.27. The van der Waals surface area contributed by atoms with Gasteiger partial charge in [-0.25, -0.2) is 0 Å². The van der Waals surface area contributed by atoms with Gasteiger partial charge in [-0.3, -0.25) is 4.79 Å². The highest BCUT2D eigenvalue weighted by molar-refractivity contribution is 7.98. The molecular formula is C15H19NOS. The Kier molecular flexibility index (Phi) is 5.30. The summed E-state index contributed by atoms with van der Waals surface area (Å²) in [7, 11) is 0. The summed E-state index contributed by atoms with van der Waals surface area (Å²) in [4.78, 5) is 13.3. The number of amides is 1. The maximum absolute atomic E-state index is 12.1. The minimum Gasteiger partial charge on any atom is -0.336 e. The Bertz CT molecular complexity index is 441. The molecule has 0 fully saturated rings. The van der Waals surface area contributed by atoms with Crippen molar-refractivity contribution < 1.29 is 4.79 Å². The second kappa shape index (κ2) is 6.51. The van der Waals surface area contributed by atoms with Crippen molar-refractivity contribution in [1.29, 1.82) is 0 Å². The summed E-state index contributed by atoms with van der Waals surface area (Å²) in [6.07, 6.45) is 9.00. The summed E-state index contributed by atoms with van der Waals surface area (Å²) in [5.41, 5.74) is 0.115. The Morgan fingerprint density at radius 1 is 1.33 bits per heavy atom. The molecule has 1 aromatic rings. The van der Waals surface area contributed by atoms with Crippen LogP contribution in [0.2, 0.25) is 0 Å². The van der Waals surface area contributed by atoms with Gasteiger partial charge < -0.3 is 5.32 Å². The number of terminal acetylenes is 1. The van der Waals surface area contributed by atoms with Gasteiger partial charge in [-0.15, -0.1) is 18.2 Å². The molecule has 0 spiro atoms. The van der Waals surface area contributed by atoms with Crippen molar-refractivity contribution >= 4 is 17.7 Å². The van der Waals surface area contributed by atoms with E-state index in [4.69, 9.17) is 6.42 Å². The zero-order valence-electron chi connectivity index (χ0n) is 11.1. The Morgan fingerprint density at radius 2 is 1.89 bits per heavy atom. The molecule has 1 rings (SSSR count). The lowest BCUT2D eigenvalue weighted by atomic mass is 9.93. The molecule has 0 bridgehead atoms. The normalized spacial score (nSPS) is 10.8. The summed E-state index contributed by atoms with van der Waals surface area (Å²) in [5.74, 6) is 2.59. The first-order chi connectivity index (χ1) is 8.60. The van der Waals surface area contributed by atoms with Gasteiger partial charge in [0.05, 0.1) is 0 Å². The second-order valence-corrected chi connectivity index (χ2v) is 5.00. The van der Waals surface area contributed by atoms with Crippen LogP contribution in [-0.2, 0) is 0 Å². The molecule has 0 radical (unpaired) electrons. The highest BCUT2D eigenvalue weighted by Crippen LogP contribution is 2.17. The molecule has 0 aliphatic rings. The van der Waals surface area contributed by atoms with Crippen molar-refractivity contribution in [2.75, 3.05) is 6.26 Å².